The third-order valence-corrected chi connectivity index (χ3v) is 5.98. The summed E-state index contributed by atoms with van der Waals surface area (Å²) in [5, 5.41) is 6.13. The number of aromatic nitrogens is 1. The highest BCUT2D eigenvalue weighted by Gasteiger charge is 2.30. The van der Waals surface area contributed by atoms with Crippen LogP contribution in [0.1, 0.15) is 17.5 Å². The van der Waals surface area contributed by atoms with Crippen LogP contribution in [0.15, 0.2) is 48.5 Å². The van der Waals surface area contributed by atoms with Gasteiger partial charge in [-0.3, -0.25) is 9.69 Å². The van der Waals surface area contributed by atoms with Crippen molar-refractivity contribution in [2.24, 2.45) is 0 Å². The summed E-state index contributed by atoms with van der Waals surface area (Å²) in [6.07, 6.45) is 2.47. The number of hydrogen-bond acceptors (Lipinski definition) is 7. The van der Waals surface area contributed by atoms with E-state index in [2.05, 4.69) is 22.2 Å². The predicted octanol–water partition coefficient (Wildman–Crippen LogP) is 3.08. The van der Waals surface area contributed by atoms with E-state index in [4.69, 9.17) is 9.47 Å². The van der Waals surface area contributed by atoms with E-state index in [-0.39, 0.29) is 18.3 Å². The zero-order valence-electron chi connectivity index (χ0n) is 18.7. The van der Waals surface area contributed by atoms with Crippen LogP contribution in [0.5, 0.6) is 5.75 Å². The first-order valence-corrected chi connectivity index (χ1v) is 11.0. The minimum absolute atomic E-state index is 0.0192. The molecule has 2 N–H and O–H groups in total. The number of benzene rings is 1. The number of nitrogens with one attached hydrogen (secondary N) is 2. The van der Waals surface area contributed by atoms with Crippen molar-refractivity contribution in [2.45, 2.75) is 19.3 Å². The third kappa shape index (κ3) is 4.02. The maximum absolute atomic E-state index is 14.6. The predicted molar refractivity (Wildman–Crippen MR) is 124 cm³/mol. The van der Waals surface area contributed by atoms with Gasteiger partial charge in [0.15, 0.2) is 11.6 Å². The minimum Gasteiger partial charge on any atom is -0.484 e. The Morgan fingerprint density at radius 3 is 2.97 bits per heavy atom. The Balaban J connectivity index is 1.24. The molecule has 0 aliphatic carbocycles. The van der Waals surface area contributed by atoms with E-state index in [0.29, 0.717) is 72.5 Å². The molecule has 1 saturated heterocycles. The molecule has 1 fully saturated rings. The highest BCUT2D eigenvalue weighted by atomic mass is 19.1. The highest BCUT2D eigenvalue weighted by Crippen LogP contribution is 2.33. The molecule has 0 atom stereocenters. The zero-order chi connectivity index (χ0) is 23.8. The molecule has 0 spiro atoms. The standard InChI is InChI=1S/C24H24FN5O4/c1-14-13-33-19-6-7-20(28-23(19)27-14)30-12-16(34-24(30)32)11-26-10-9-17-18(25)5-3-15-4-8-21(31)29(2)22(15)17/h3,5-7,11,26H,1,4,8-10,12-13H2,2H3,(H,27,28)/b16-11-. The molecule has 0 bridgehead atoms. The molecule has 3 aliphatic rings. The number of fused-ring (bicyclic) bond motifs is 2. The Kier molecular flexibility index (Phi) is 5.56. The number of halogens is 1. The number of hydrogen-bond donors (Lipinski definition) is 2. The number of rotatable bonds is 5. The summed E-state index contributed by atoms with van der Waals surface area (Å²) < 4.78 is 25.4. The molecule has 10 heteroatoms. The maximum atomic E-state index is 14.6. The molecule has 2 aromatic rings. The van der Waals surface area contributed by atoms with Crippen molar-refractivity contribution >= 4 is 29.3 Å². The molecule has 1 aromatic carbocycles. The van der Waals surface area contributed by atoms with Gasteiger partial charge in [0.05, 0.1) is 12.2 Å². The first-order chi connectivity index (χ1) is 16.4. The number of ether oxygens (including phenoxy) is 2. The number of pyridine rings is 1. The summed E-state index contributed by atoms with van der Waals surface area (Å²) in [7, 11) is 1.68. The topological polar surface area (TPSA) is 96.0 Å². The number of carbonyl (C=O) groups excluding carboxylic acids is 2. The van der Waals surface area contributed by atoms with Crippen LogP contribution in [0.25, 0.3) is 0 Å². The van der Waals surface area contributed by atoms with Gasteiger partial charge in [-0.25, -0.2) is 14.2 Å². The molecule has 176 valence electrons. The molecule has 0 unspecified atom stereocenters. The molecule has 0 radical (unpaired) electrons. The van der Waals surface area contributed by atoms with E-state index in [1.807, 2.05) is 0 Å². The normalized spacial score (nSPS) is 18.3. The fourth-order valence-electron chi connectivity index (χ4n) is 4.27. The maximum Gasteiger partial charge on any atom is 0.421 e. The molecule has 34 heavy (non-hydrogen) atoms. The van der Waals surface area contributed by atoms with Crippen molar-refractivity contribution in [1.29, 1.82) is 0 Å². The Labute approximate surface area is 195 Å². The molecule has 1 aromatic heterocycles. The van der Waals surface area contributed by atoms with Gasteiger partial charge in [0.25, 0.3) is 0 Å². The number of cyclic esters (lactones) is 1. The van der Waals surface area contributed by atoms with E-state index < -0.39 is 6.09 Å². The Morgan fingerprint density at radius 2 is 2.12 bits per heavy atom. The van der Waals surface area contributed by atoms with Crippen molar-refractivity contribution in [3.8, 4) is 5.75 Å². The summed E-state index contributed by atoms with van der Waals surface area (Å²) in [4.78, 5) is 31.9. The number of aryl methyl sites for hydroxylation is 1. The van der Waals surface area contributed by atoms with E-state index in [1.165, 1.54) is 15.9 Å². The molecule has 9 nitrogen and oxygen atoms in total. The fourth-order valence-corrected chi connectivity index (χ4v) is 4.27. The Bertz CT molecular complexity index is 1230. The molecule has 4 heterocycles. The van der Waals surface area contributed by atoms with Gasteiger partial charge < -0.3 is 25.0 Å². The molecular formula is C24H24FN5O4. The molecular weight excluding hydrogens is 441 g/mol. The van der Waals surface area contributed by atoms with Crippen LogP contribution in [0.3, 0.4) is 0 Å². The van der Waals surface area contributed by atoms with Gasteiger partial charge in [0.1, 0.15) is 24.0 Å². The van der Waals surface area contributed by atoms with Gasteiger partial charge in [-0.1, -0.05) is 12.6 Å². The number of anilines is 3. The van der Waals surface area contributed by atoms with Gasteiger partial charge in [0.2, 0.25) is 5.91 Å². The summed E-state index contributed by atoms with van der Waals surface area (Å²) in [6.45, 7) is 4.79. The Hall–Kier alpha value is -4.08. The second-order valence-electron chi connectivity index (χ2n) is 8.29. The van der Waals surface area contributed by atoms with Gasteiger partial charge in [-0.05, 0) is 36.6 Å². The van der Waals surface area contributed by atoms with Crippen LogP contribution in [-0.4, -0.2) is 43.7 Å². The van der Waals surface area contributed by atoms with E-state index in [1.54, 1.807) is 31.4 Å². The third-order valence-electron chi connectivity index (χ3n) is 5.98. The molecule has 2 amide bonds. The van der Waals surface area contributed by atoms with E-state index >= 15 is 0 Å². The fraction of sp³-hybridized carbons (Fsp3) is 0.292. The number of carbonyl (C=O) groups is 2. The molecule has 5 rings (SSSR count). The average molecular weight is 465 g/mol. The van der Waals surface area contributed by atoms with Crippen molar-refractivity contribution in [3.63, 3.8) is 0 Å². The smallest absolute Gasteiger partial charge is 0.421 e. The average Bonchev–Trinajstić information content (AvgIpc) is 3.20. The summed E-state index contributed by atoms with van der Waals surface area (Å²) in [5.74, 6) is 1.56. The lowest BCUT2D eigenvalue weighted by Crippen LogP contribution is -2.32. The lowest BCUT2D eigenvalue weighted by molar-refractivity contribution is -0.118. The van der Waals surface area contributed by atoms with Crippen LogP contribution < -0.4 is 25.2 Å². The summed E-state index contributed by atoms with van der Waals surface area (Å²) in [6, 6.07) is 6.62. The van der Waals surface area contributed by atoms with Crippen LogP contribution in [-0.2, 0) is 22.4 Å². The second kappa shape index (κ2) is 8.69. The van der Waals surface area contributed by atoms with Crippen LogP contribution >= 0.6 is 0 Å². The SMILES string of the molecule is C=C1COc2ccc(N3C/C(=C/NCCc4c(F)ccc5c4N(C)C(=O)CC5)OC3=O)nc2N1. The largest absolute Gasteiger partial charge is 0.484 e. The minimum atomic E-state index is -0.542. The van der Waals surface area contributed by atoms with E-state index in [9.17, 15) is 14.0 Å². The Morgan fingerprint density at radius 1 is 1.26 bits per heavy atom. The van der Waals surface area contributed by atoms with Crippen molar-refractivity contribution in [3.05, 3.63) is 65.4 Å². The molecule has 3 aliphatic heterocycles. The molecule has 0 saturated carbocycles. The van der Waals surface area contributed by atoms with Crippen molar-refractivity contribution < 1.29 is 23.5 Å². The first-order valence-electron chi connectivity index (χ1n) is 11.0. The second-order valence-corrected chi connectivity index (χ2v) is 8.29. The van der Waals surface area contributed by atoms with Gasteiger partial charge in [-0.2, -0.15) is 0 Å². The van der Waals surface area contributed by atoms with Gasteiger partial charge in [-0.15, -0.1) is 0 Å². The monoisotopic (exact) mass is 465 g/mol. The van der Waals surface area contributed by atoms with E-state index in [0.717, 1.165) is 5.56 Å². The van der Waals surface area contributed by atoms with Gasteiger partial charge >= 0.3 is 6.09 Å². The first kappa shape index (κ1) is 21.7. The summed E-state index contributed by atoms with van der Waals surface area (Å²) >= 11 is 0. The summed E-state index contributed by atoms with van der Waals surface area (Å²) in [5.41, 5.74) is 2.80. The van der Waals surface area contributed by atoms with Crippen molar-refractivity contribution in [2.75, 3.05) is 41.9 Å². The van der Waals surface area contributed by atoms with Crippen molar-refractivity contribution in [1.82, 2.24) is 10.3 Å². The number of amides is 2. The highest BCUT2D eigenvalue weighted by molar-refractivity contribution is 5.96. The zero-order valence-corrected chi connectivity index (χ0v) is 18.7. The van der Waals surface area contributed by atoms with Crippen LogP contribution in [0, 0.1) is 5.82 Å². The lowest BCUT2D eigenvalue weighted by Gasteiger charge is -2.28. The lowest BCUT2D eigenvalue weighted by atomic mass is 9.95. The quantitative estimate of drug-likeness (QED) is 0.655. The van der Waals surface area contributed by atoms with Gasteiger partial charge in [0, 0.05) is 37.5 Å². The number of nitrogens with zero attached hydrogens (tertiary/aromatic N) is 3. The van der Waals surface area contributed by atoms with Crippen LogP contribution in [0.4, 0.5) is 26.5 Å². The van der Waals surface area contributed by atoms with Crippen LogP contribution in [0.2, 0.25) is 0 Å².